The number of ether oxygens (including phenoxy) is 3. The van der Waals surface area contributed by atoms with Crippen LogP contribution in [0.4, 0.5) is 0 Å². The topological polar surface area (TPSA) is 78.9 Å². The zero-order valence-electron chi connectivity index (χ0n) is 52.7. The number of allylic oxidation sites excluding steroid dienone is 6. The van der Waals surface area contributed by atoms with Crippen LogP contribution in [0.25, 0.3) is 0 Å². The van der Waals surface area contributed by atoms with E-state index in [4.69, 9.17) is 14.2 Å². The maximum absolute atomic E-state index is 12.9. The highest BCUT2D eigenvalue weighted by Gasteiger charge is 2.19. The van der Waals surface area contributed by atoms with E-state index in [1.807, 2.05) is 0 Å². The minimum Gasteiger partial charge on any atom is -0.462 e. The van der Waals surface area contributed by atoms with E-state index in [0.717, 1.165) is 89.9 Å². The van der Waals surface area contributed by atoms with Crippen molar-refractivity contribution in [3.8, 4) is 0 Å². The van der Waals surface area contributed by atoms with E-state index < -0.39 is 6.10 Å². The van der Waals surface area contributed by atoms with E-state index in [2.05, 4.69) is 57.2 Å². The average Bonchev–Trinajstić information content (AvgIpc) is 3.44. The van der Waals surface area contributed by atoms with Crippen molar-refractivity contribution < 1.29 is 28.6 Å². The Labute approximate surface area is 486 Å². The van der Waals surface area contributed by atoms with Gasteiger partial charge in [0.15, 0.2) is 6.10 Å². The Hall–Kier alpha value is -2.37. The molecule has 0 saturated carbocycles. The van der Waals surface area contributed by atoms with Crippen LogP contribution in [-0.2, 0) is 28.6 Å². The number of hydrogen-bond donors (Lipinski definition) is 0. The summed E-state index contributed by atoms with van der Waals surface area (Å²) < 4.78 is 16.9. The van der Waals surface area contributed by atoms with Gasteiger partial charge < -0.3 is 14.2 Å². The molecule has 0 radical (unpaired) electrons. The summed E-state index contributed by atoms with van der Waals surface area (Å²) in [6.07, 6.45) is 83.5. The standard InChI is InChI=1S/C72H134O6/c1-4-7-10-13-16-19-22-24-26-27-28-29-30-31-32-33-34-35-36-37-38-39-40-41-42-43-44-45-46-48-50-53-56-59-62-65-71(74)77-68-69(67-76-70(73)64-61-58-55-52-49-21-18-15-12-9-6-3)78-72(75)66-63-60-57-54-51-47-25-23-20-17-14-11-8-5-2/h14-15,17-18,23,25,69H,4-13,16,19-22,24,26-68H2,1-3H3/b17-14-,18-15-,25-23-. The molecule has 0 bridgehead atoms. The lowest BCUT2D eigenvalue weighted by atomic mass is 10.0. The third-order valence-electron chi connectivity index (χ3n) is 15.9. The minimum atomic E-state index is -0.781. The zero-order valence-corrected chi connectivity index (χ0v) is 52.7. The van der Waals surface area contributed by atoms with Crippen molar-refractivity contribution in [2.75, 3.05) is 13.2 Å². The minimum absolute atomic E-state index is 0.0769. The largest absolute Gasteiger partial charge is 0.462 e. The first-order valence-corrected chi connectivity index (χ1v) is 35.0. The van der Waals surface area contributed by atoms with Gasteiger partial charge >= 0.3 is 17.9 Å². The Kier molecular flexibility index (Phi) is 65.1. The summed E-state index contributed by atoms with van der Waals surface area (Å²) in [4.78, 5) is 38.2. The fourth-order valence-electron chi connectivity index (χ4n) is 10.6. The first-order chi connectivity index (χ1) is 38.5. The molecule has 0 rings (SSSR count). The molecule has 0 aromatic heterocycles. The van der Waals surface area contributed by atoms with Gasteiger partial charge in [0.25, 0.3) is 0 Å². The van der Waals surface area contributed by atoms with Crippen LogP contribution in [0, 0.1) is 0 Å². The van der Waals surface area contributed by atoms with E-state index >= 15 is 0 Å². The molecule has 0 aromatic rings. The first-order valence-electron chi connectivity index (χ1n) is 35.0. The lowest BCUT2D eigenvalue weighted by Gasteiger charge is -2.18. The van der Waals surface area contributed by atoms with Crippen LogP contribution < -0.4 is 0 Å². The summed E-state index contributed by atoms with van der Waals surface area (Å²) in [6.45, 7) is 6.60. The molecule has 0 aliphatic rings. The lowest BCUT2D eigenvalue weighted by molar-refractivity contribution is -0.167. The van der Waals surface area contributed by atoms with Crippen LogP contribution in [-0.4, -0.2) is 37.2 Å². The van der Waals surface area contributed by atoms with Gasteiger partial charge in [-0.15, -0.1) is 0 Å². The van der Waals surface area contributed by atoms with Crippen molar-refractivity contribution in [2.45, 2.75) is 393 Å². The van der Waals surface area contributed by atoms with Gasteiger partial charge in [-0.1, -0.05) is 340 Å². The maximum atomic E-state index is 12.9. The van der Waals surface area contributed by atoms with Crippen molar-refractivity contribution in [2.24, 2.45) is 0 Å². The van der Waals surface area contributed by atoms with E-state index in [-0.39, 0.29) is 31.1 Å². The third kappa shape index (κ3) is 64.5. The summed E-state index contributed by atoms with van der Waals surface area (Å²) in [5.74, 6) is -0.881. The van der Waals surface area contributed by atoms with Crippen molar-refractivity contribution in [3.05, 3.63) is 36.5 Å². The van der Waals surface area contributed by atoms with Gasteiger partial charge in [0.1, 0.15) is 13.2 Å². The van der Waals surface area contributed by atoms with E-state index in [9.17, 15) is 14.4 Å². The molecule has 458 valence electrons. The van der Waals surface area contributed by atoms with Gasteiger partial charge in [-0.3, -0.25) is 14.4 Å². The zero-order chi connectivity index (χ0) is 56.4. The van der Waals surface area contributed by atoms with Crippen LogP contribution >= 0.6 is 0 Å². The molecule has 6 nitrogen and oxygen atoms in total. The van der Waals surface area contributed by atoms with Gasteiger partial charge in [0.2, 0.25) is 0 Å². The normalized spacial score (nSPS) is 12.2. The number of hydrogen-bond acceptors (Lipinski definition) is 6. The van der Waals surface area contributed by atoms with E-state index in [0.29, 0.717) is 19.3 Å². The highest BCUT2D eigenvalue weighted by atomic mass is 16.6. The number of esters is 3. The second kappa shape index (κ2) is 67.1. The molecule has 0 fully saturated rings. The van der Waals surface area contributed by atoms with Crippen LogP contribution in [0.15, 0.2) is 36.5 Å². The van der Waals surface area contributed by atoms with E-state index in [1.165, 1.54) is 257 Å². The van der Waals surface area contributed by atoms with E-state index in [1.54, 1.807) is 0 Å². The van der Waals surface area contributed by atoms with Gasteiger partial charge in [-0.2, -0.15) is 0 Å². The highest BCUT2D eigenvalue weighted by Crippen LogP contribution is 2.19. The molecular weight excluding hydrogens is 961 g/mol. The molecular formula is C72H134O6. The molecule has 0 aliphatic carbocycles. The molecule has 1 unspecified atom stereocenters. The molecule has 0 aliphatic heterocycles. The lowest BCUT2D eigenvalue weighted by Crippen LogP contribution is -2.30. The third-order valence-corrected chi connectivity index (χ3v) is 15.9. The molecule has 0 aromatic carbocycles. The quantitative estimate of drug-likeness (QED) is 0.0261. The second-order valence-corrected chi connectivity index (χ2v) is 23.8. The number of carbonyl (C=O) groups excluding carboxylic acids is 3. The summed E-state index contributed by atoms with van der Waals surface area (Å²) >= 11 is 0. The summed E-state index contributed by atoms with van der Waals surface area (Å²) in [5.41, 5.74) is 0. The van der Waals surface area contributed by atoms with Crippen LogP contribution in [0.5, 0.6) is 0 Å². The first kappa shape index (κ1) is 75.6. The van der Waals surface area contributed by atoms with Crippen molar-refractivity contribution in [1.82, 2.24) is 0 Å². The Morgan fingerprint density at radius 2 is 0.474 bits per heavy atom. The molecule has 6 heteroatoms. The predicted octanol–water partition coefficient (Wildman–Crippen LogP) is 23.9. The van der Waals surface area contributed by atoms with Crippen molar-refractivity contribution >= 4 is 17.9 Å². The number of rotatable bonds is 65. The van der Waals surface area contributed by atoms with Crippen LogP contribution in [0.2, 0.25) is 0 Å². The number of carbonyl (C=O) groups is 3. The average molecular weight is 1100 g/mol. The Balaban J connectivity index is 3.98. The SMILES string of the molecule is CCCC/C=C\C/C=C\CCCCCCCC(=O)OC(COC(=O)CCCCCCC/C=C\CCCC)COC(=O)CCCCCCCCCCCCCCCCCCCCCCCCCCCCCCCCCCCCC. The van der Waals surface area contributed by atoms with Crippen LogP contribution in [0.3, 0.4) is 0 Å². The highest BCUT2D eigenvalue weighted by molar-refractivity contribution is 5.71. The maximum Gasteiger partial charge on any atom is 0.306 e. The second-order valence-electron chi connectivity index (χ2n) is 23.8. The van der Waals surface area contributed by atoms with Gasteiger partial charge in [0.05, 0.1) is 0 Å². The van der Waals surface area contributed by atoms with Crippen molar-refractivity contribution in [1.29, 1.82) is 0 Å². The van der Waals surface area contributed by atoms with Crippen LogP contribution in [0.1, 0.15) is 387 Å². The fourth-order valence-corrected chi connectivity index (χ4v) is 10.6. The molecule has 1 atom stereocenters. The van der Waals surface area contributed by atoms with Gasteiger partial charge in [-0.05, 0) is 64.2 Å². The predicted molar refractivity (Wildman–Crippen MR) is 339 cm³/mol. The summed E-state index contributed by atoms with van der Waals surface area (Å²) in [5, 5.41) is 0. The molecule has 0 heterocycles. The smallest absolute Gasteiger partial charge is 0.306 e. The molecule has 0 saturated heterocycles. The van der Waals surface area contributed by atoms with Gasteiger partial charge in [0, 0.05) is 19.3 Å². The van der Waals surface area contributed by atoms with Gasteiger partial charge in [-0.25, -0.2) is 0 Å². The fraction of sp³-hybridized carbons (Fsp3) is 0.875. The summed E-state index contributed by atoms with van der Waals surface area (Å²) in [6, 6.07) is 0. The Morgan fingerprint density at radius 1 is 0.256 bits per heavy atom. The molecule has 0 spiro atoms. The Morgan fingerprint density at radius 3 is 0.756 bits per heavy atom. The Bertz CT molecular complexity index is 1300. The van der Waals surface area contributed by atoms with Crippen molar-refractivity contribution in [3.63, 3.8) is 0 Å². The summed E-state index contributed by atoms with van der Waals surface area (Å²) in [7, 11) is 0. The molecule has 0 amide bonds. The number of unbranched alkanes of at least 4 members (excludes halogenated alkanes) is 48. The molecule has 0 N–H and O–H groups in total. The molecule has 78 heavy (non-hydrogen) atoms. The monoisotopic (exact) mass is 1100 g/mol.